The molecule has 0 aromatic heterocycles. The molecule has 0 aliphatic rings. The van der Waals surface area contributed by atoms with Crippen molar-refractivity contribution in [1.29, 1.82) is 0 Å². The first-order valence-corrected chi connectivity index (χ1v) is 15.2. The molecule has 0 bridgehead atoms. The lowest BCUT2D eigenvalue weighted by Gasteiger charge is -2.09. The molecule has 0 radical (unpaired) electrons. The van der Waals surface area contributed by atoms with E-state index in [-0.39, 0.29) is 5.78 Å². The second kappa shape index (κ2) is 12.7. The van der Waals surface area contributed by atoms with Crippen molar-refractivity contribution in [3.63, 3.8) is 0 Å². The summed E-state index contributed by atoms with van der Waals surface area (Å²) in [4.78, 5) is 16.2. The van der Waals surface area contributed by atoms with E-state index in [1.165, 1.54) is 27.8 Å². The van der Waals surface area contributed by atoms with Crippen LogP contribution in [0.15, 0.2) is 176 Å². The highest BCUT2D eigenvalue weighted by Crippen LogP contribution is 2.31. The van der Waals surface area contributed by atoms with Crippen LogP contribution in [-0.2, 0) is 0 Å². The van der Waals surface area contributed by atoms with E-state index < -0.39 is 0 Å². The van der Waals surface area contributed by atoms with Crippen LogP contribution < -0.4 is 0 Å². The molecular weight excluding hydrogens is 558 g/mol. The van der Waals surface area contributed by atoms with Gasteiger partial charge >= 0.3 is 0 Å². The summed E-state index contributed by atoms with van der Waals surface area (Å²) in [7, 11) is 0. The Kier molecular flexibility index (Phi) is 7.89. The Bertz CT molecular complexity index is 2140. The van der Waals surface area contributed by atoms with Gasteiger partial charge < -0.3 is 0 Å². The number of carbonyl (C=O) groups is 1. The third-order valence-electron chi connectivity index (χ3n) is 8.39. The quantitative estimate of drug-likeness (QED) is 0.134. The van der Waals surface area contributed by atoms with Crippen molar-refractivity contribution in [2.75, 3.05) is 0 Å². The van der Waals surface area contributed by atoms with Gasteiger partial charge in [-0.15, -0.1) is 0 Å². The van der Waals surface area contributed by atoms with Crippen LogP contribution in [0.2, 0.25) is 0 Å². The van der Waals surface area contributed by atoms with Gasteiger partial charge in [0, 0.05) is 11.1 Å². The van der Waals surface area contributed by atoms with E-state index >= 15 is 0 Å². The Morgan fingerprint density at radius 3 is 0.848 bits per heavy atom. The number of hydrogen-bond donors (Lipinski definition) is 0. The largest absolute Gasteiger partial charge is 0.289 e. The van der Waals surface area contributed by atoms with E-state index in [2.05, 4.69) is 102 Å². The first kappa shape index (κ1) is 28.5. The molecule has 0 unspecified atom stereocenters. The lowest BCUT2D eigenvalue weighted by Crippen LogP contribution is -2.00. The summed E-state index contributed by atoms with van der Waals surface area (Å²) in [5.74, 6) is 0.0363. The number of carbonyl (C=O) groups excluding carboxylic acids is 1. The Labute approximate surface area is 269 Å². The average Bonchev–Trinajstić information content (AvgIpc) is 3.15. The highest BCUT2D eigenvalue weighted by molar-refractivity contribution is 6.09. The molecule has 2 heteroatoms. The summed E-state index contributed by atoms with van der Waals surface area (Å²) in [5, 5.41) is 0. The molecular formula is C44H29NO. The molecule has 216 valence electrons. The number of rotatable bonds is 7. The highest BCUT2D eigenvalue weighted by atomic mass is 16.1. The fraction of sp³-hybridized carbons (Fsp3) is 0. The topological polar surface area (TPSA) is 21.4 Å². The molecule has 0 fully saturated rings. The van der Waals surface area contributed by atoms with Crippen molar-refractivity contribution in [3.8, 4) is 55.6 Å². The van der Waals surface area contributed by atoms with E-state index in [4.69, 9.17) is 6.57 Å². The first-order chi connectivity index (χ1) is 22.6. The summed E-state index contributed by atoms with van der Waals surface area (Å²) >= 11 is 0. The van der Waals surface area contributed by atoms with Crippen LogP contribution >= 0.6 is 0 Å². The second-order valence-electron chi connectivity index (χ2n) is 11.2. The maximum absolute atomic E-state index is 12.7. The van der Waals surface area contributed by atoms with Gasteiger partial charge in [0.2, 0.25) is 0 Å². The van der Waals surface area contributed by atoms with E-state index in [0.29, 0.717) is 16.8 Å². The van der Waals surface area contributed by atoms with Crippen molar-refractivity contribution < 1.29 is 4.79 Å². The zero-order chi connectivity index (χ0) is 31.3. The smallest absolute Gasteiger partial charge is 0.193 e. The van der Waals surface area contributed by atoms with Crippen molar-refractivity contribution in [2.24, 2.45) is 0 Å². The van der Waals surface area contributed by atoms with Crippen molar-refractivity contribution in [1.82, 2.24) is 0 Å². The summed E-state index contributed by atoms with van der Waals surface area (Å²) in [6.45, 7) is 7.14. The minimum absolute atomic E-state index is 0.0363. The van der Waals surface area contributed by atoms with E-state index in [1.807, 2.05) is 78.9 Å². The molecule has 0 aliphatic heterocycles. The van der Waals surface area contributed by atoms with Gasteiger partial charge in [0.15, 0.2) is 11.5 Å². The molecule has 46 heavy (non-hydrogen) atoms. The average molecular weight is 588 g/mol. The maximum atomic E-state index is 12.7. The van der Waals surface area contributed by atoms with Gasteiger partial charge in [0.25, 0.3) is 0 Å². The molecule has 0 atom stereocenters. The van der Waals surface area contributed by atoms with Crippen LogP contribution in [0.3, 0.4) is 0 Å². The van der Waals surface area contributed by atoms with Crippen LogP contribution in [-0.4, -0.2) is 5.78 Å². The molecule has 0 aliphatic carbocycles. The highest BCUT2D eigenvalue weighted by Gasteiger charge is 2.09. The number of hydrogen-bond acceptors (Lipinski definition) is 1. The molecule has 0 amide bonds. The van der Waals surface area contributed by atoms with Crippen LogP contribution in [0.4, 0.5) is 5.69 Å². The lowest BCUT2D eigenvalue weighted by molar-refractivity contribution is 0.103. The molecule has 0 N–H and O–H groups in total. The standard InChI is InChI=1S/C44H29NO/c1-45-43-29-27-40(28-30-43)38-21-19-36(20-22-38)34-13-11-32(12-14-34)31-7-9-33(10-8-31)35-15-17-37(18-16-35)39-23-25-42(26-24-39)44(46)41-5-3-2-4-6-41/h2-30H. The van der Waals surface area contributed by atoms with Crippen LogP contribution in [0.25, 0.3) is 60.5 Å². The first-order valence-electron chi connectivity index (χ1n) is 15.2. The van der Waals surface area contributed by atoms with Crippen LogP contribution in [0.1, 0.15) is 15.9 Å². The summed E-state index contributed by atoms with van der Waals surface area (Å²) in [6, 6.07) is 59.4. The zero-order valence-electron chi connectivity index (χ0n) is 25.1. The minimum atomic E-state index is 0.0363. The van der Waals surface area contributed by atoms with Gasteiger partial charge in [-0.1, -0.05) is 176 Å². The van der Waals surface area contributed by atoms with Gasteiger partial charge in [-0.2, -0.15) is 0 Å². The Hall–Kier alpha value is -6.30. The normalized spacial score (nSPS) is 10.7. The predicted octanol–water partition coefficient (Wildman–Crippen LogP) is 11.8. The maximum Gasteiger partial charge on any atom is 0.193 e. The Balaban J connectivity index is 1.01. The van der Waals surface area contributed by atoms with Crippen molar-refractivity contribution >= 4 is 11.5 Å². The van der Waals surface area contributed by atoms with E-state index in [9.17, 15) is 4.79 Å². The van der Waals surface area contributed by atoms with Crippen molar-refractivity contribution in [3.05, 3.63) is 198 Å². The minimum Gasteiger partial charge on any atom is -0.289 e. The second-order valence-corrected chi connectivity index (χ2v) is 11.2. The number of ketones is 1. The molecule has 0 spiro atoms. The SMILES string of the molecule is [C-]#[N+]c1ccc(-c2ccc(-c3ccc(-c4ccc(-c5ccc(-c6ccc(C(=O)c7ccccc7)cc6)cc5)cc4)cc3)cc2)cc1. The van der Waals surface area contributed by atoms with E-state index in [0.717, 1.165) is 27.8 Å². The van der Waals surface area contributed by atoms with Gasteiger partial charge in [-0.3, -0.25) is 4.79 Å². The molecule has 0 saturated heterocycles. The molecule has 7 aromatic rings. The summed E-state index contributed by atoms with van der Waals surface area (Å²) < 4.78 is 0. The van der Waals surface area contributed by atoms with Crippen molar-refractivity contribution in [2.45, 2.75) is 0 Å². The molecule has 2 nitrogen and oxygen atoms in total. The number of nitrogens with zero attached hydrogens (tertiary/aromatic N) is 1. The van der Waals surface area contributed by atoms with E-state index in [1.54, 1.807) is 0 Å². The molecule has 7 rings (SSSR count). The summed E-state index contributed by atoms with van der Waals surface area (Å²) in [5.41, 5.74) is 13.5. The predicted molar refractivity (Wildman–Crippen MR) is 190 cm³/mol. The van der Waals surface area contributed by atoms with Crippen LogP contribution in [0, 0.1) is 6.57 Å². The molecule has 7 aromatic carbocycles. The fourth-order valence-electron chi connectivity index (χ4n) is 5.72. The number of benzene rings is 7. The summed E-state index contributed by atoms with van der Waals surface area (Å²) in [6.07, 6.45) is 0. The fourth-order valence-corrected chi connectivity index (χ4v) is 5.72. The van der Waals surface area contributed by atoms with Gasteiger partial charge in [0.1, 0.15) is 0 Å². The zero-order valence-corrected chi connectivity index (χ0v) is 25.1. The van der Waals surface area contributed by atoms with Gasteiger partial charge in [-0.25, -0.2) is 4.85 Å². The van der Waals surface area contributed by atoms with Gasteiger partial charge in [0.05, 0.1) is 6.57 Å². The van der Waals surface area contributed by atoms with Crippen LogP contribution in [0.5, 0.6) is 0 Å². The third kappa shape index (κ3) is 6.04. The Morgan fingerprint density at radius 2 is 0.565 bits per heavy atom. The monoisotopic (exact) mass is 587 g/mol. The third-order valence-corrected chi connectivity index (χ3v) is 8.39. The molecule has 0 heterocycles. The van der Waals surface area contributed by atoms with Gasteiger partial charge in [-0.05, 0) is 55.6 Å². The lowest BCUT2D eigenvalue weighted by atomic mass is 9.96. The Morgan fingerprint density at radius 1 is 0.326 bits per heavy atom. The molecule has 0 saturated carbocycles.